The Hall–Kier alpha value is -3.00. The van der Waals surface area contributed by atoms with Crippen LogP contribution in [-0.4, -0.2) is 29.4 Å². The van der Waals surface area contributed by atoms with Gasteiger partial charge in [0.05, 0.1) is 17.6 Å². The molecule has 0 aromatic carbocycles. The molecule has 0 radical (unpaired) electrons. The maximum Gasteiger partial charge on any atom is 0.217 e. The predicted molar refractivity (Wildman–Crippen MR) is 94.7 cm³/mol. The van der Waals surface area contributed by atoms with Gasteiger partial charge in [-0.1, -0.05) is 0 Å². The van der Waals surface area contributed by atoms with Gasteiger partial charge in [-0.05, 0) is 43.5 Å². The number of thiophene rings is 1. The third-order valence-electron chi connectivity index (χ3n) is 4.09. The number of rotatable bonds is 3. The number of furan rings is 1. The van der Waals surface area contributed by atoms with Crippen molar-refractivity contribution in [2.75, 3.05) is 0 Å². The van der Waals surface area contributed by atoms with Gasteiger partial charge in [-0.2, -0.15) is 5.10 Å². The molecule has 5 aromatic heterocycles. The Bertz CT molecular complexity index is 1210. The van der Waals surface area contributed by atoms with E-state index in [4.69, 9.17) is 4.42 Å². The SMILES string of the molecule is Cc1cc(C)n(Cc2ccc(-c3nc4c5ccsc5ncn4n3)o2)n1. The predicted octanol–water partition coefficient (Wildman–Crippen LogP) is 3.46. The highest BCUT2D eigenvalue weighted by molar-refractivity contribution is 7.16. The minimum Gasteiger partial charge on any atom is -0.456 e. The van der Waals surface area contributed by atoms with E-state index in [2.05, 4.69) is 20.2 Å². The lowest BCUT2D eigenvalue weighted by molar-refractivity contribution is 0.483. The largest absolute Gasteiger partial charge is 0.456 e. The molecule has 5 heterocycles. The topological polar surface area (TPSA) is 74.0 Å². The Balaban J connectivity index is 1.52. The van der Waals surface area contributed by atoms with Gasteiger partial charge in [-0.15, -0.1) is 16.4 Å². The van der Waals surface area contributed by atoms with Crippen molar-refractivity contribution in [3.8, 4) is 11.6 Å². The summed E-state index contributed by atoms with van der Waals surface area (Å²) in [4.78, 5) is 9.97. The van der Waals surface area contributed by atoms with Crippen LogP contribution in [0.1, 0.15) is 17.1 Å². The van der Waals surface area contributed by atoms with Crippen LogP contribution in [0.15, 0.2) is 40.4 Å². The van der Waals surface area contributed by atoms with Crippen molar-refractivity contribution >= 4 is 27.2 Å². The molecule has 124 valence electrons. The normalized spacial score (nSPS) is 11.8. The number of aromatic nitrogens is 6. The minimum atomic E-state index is 0.556. The second kappa shape index (κ2) is 5.25. The average molecular weight is 350 g/mol. The molecular formula is C17H14N6OS. The molecule has 8 heteroatoms. The van der Waals surface area contributed by atoms with E-state index in [-0.39, 0.29) is 0 Å². The average Bonchev–Trinajstić information content (AvgIpc) is 3.33. The number of fused-ring (bicyclic) bond motifs is 3. The summed E-state index contributed by atoms with van der Waals surface area (Å²) in [6.07, 6.45) is 1.68. The molecule has 0 bridgehead atoms. The van der Waals surface area contributed by atoms with E-state index in [9.17, 15) is 0 Å². The fourth-order valence-corrected chi connectivity index (χ4v) is 3.66. The van der Waals surface area contributed by atoms with Gasteiger partial charge < -0.3 is 4.42 Å². The highest BCUT2D eigenvalue weighted by Crippen LogP contribution is 2.25. The van der Waals surface area contributed by atoms with Crippen molar-refractivity contribution in [3.05, 3.63) is 53.1 Å². The number of hydrogen-bond donors (Lipinski definition) is 0. The molecule has 0 N–H and O–H groups in total. The van der Waals surface area contributed by atoms with Crippen LogP contribution in [0, 0.1) is 13.8 Å². The van der Waals surface area contributed by atoms with Crippen LogP contribution >= 0.6 is 11.3 Å². The van der Waals surface area contributed by atoms with E-state index in [0.717, 1.165) is 33.0 Å². The molecule has 0 aliphatic heterocycles. The third-order valence-corrected chi connectivity index (χ3v) is 4.91. The first-order chi connectivity index (χ1) is 12.2. The second-order valence-corrected chi connectivity index (χ2v) is 6.83. The fraction of sp³-hybridized carbons (Fsp3) is 0.176. The Kier molecular flexibility index (Phi) is 3.01. The van der Waals surface area contributed by atoms with Crippen molar-refractivity contribution in [3.63, 3.8) is 0 Å². The Morgan fingerprint density at radius 1 is 1.16 bits per heavy atom. The van der Waals surface area contributed by atoms with Gasteiger partial charge in [-0.3, -0.25) is 4.68 Å². The van der Waals surface area contributed by atoms with E-state index in [1.807, 2.05) is 48.2 Å². The van der Waals surface area contributed by atoms with Crippen molar-refractivity contribution < 1.29 is 4.42 Å². The molecule has 0 spiro atoms. The van der Waals surface area contributed by atoms with Crippen LogP contribution < -0.4 is 0 Å². The van der Waals surface area contributed by atoms with E-state index in [0.29, 0.717) is 18.1 Å². The fourth-order valence-electron chi connectivity index (χ4n) is 2.94. The van der Waals surface area contributed by atoms with Gasteiger partial charge >= 0.3 is 0 Å². The monoisotopic (exact) mass is 350 g/mol. The van der Waals surface area contributed by atoms with Gasteiger partial charge in [0.1, 0.15) is 16.9 Å². The molecule has 5 rings (SSSR count). The maximum atomic E-state index is 5.94. The van der Waals surface area contributed by atoms with Crippen molar-refractivity contribution in [2.45, 2.75) is 20.4 Å². The summed E-state index contributed by atoms with van der Waals surface area (Å²) in [5, 5.41) is 12.0. The number of aryl methyl sites for hydroxylation is 2. The van der Waals surface area contributed by atoms with Crippen LogP contribution in [0.3, 0.4) is 0 Å². The number of nitrogens with zero attached hydrogens (tertiary/aromatic N) is 6. The zero-order valence-electron chi connectivity index (χ0n) is 13.7. The number of hydrogen-bond acceptors (Lipinski definition) is 6. The lowest BCUT2D eigenvalue weighted by atomic mass is 10.4. The first-order valence-corrected chi connectivity index (χ1v) is 8.74. The second-order valence-electron chi connectivity index (χ2n) is 5.94. The quantitative estimate of drug-likeness (QED) is 0.498. The van der Waals surface area contributed by atoms with Crippen molar-refractivity contribution in [1.82, 2.24) is 29.4 Å². The molecule has 0 atom stereocenters. The van der Waals surface area contributed by atoms with Crippen molar-refractivity contribution in [2.24, 2.45) is 0 Å². The summed E-state index contributed by atoms with van der Waals surface area (Å²) >= 11 is 1.59. The van der Waals surface area contributed by atoms with Gasteiger partial charge in [0.15, 0.2) is 11.4 Å². The standard InChI is InChI=1S/C17H14N6OS/c1-10-7-11(2)22(20-10)8-12-3-4-14(24-12)15-19-16-13-5-6-25-17(13)18-9-23(16)21-15/h3-7,9H,8H2,1-2H3. The Morgan fingerprint density at radius 2 is 2.08 bits per heavy atom. The molecule has 25 heavy (non-hydrogen) atoms. The summed E-state index contributed by atoms with van der Waals surface area (Å²) in [5.41, 5.74) is 2.89. The lowest BCUT2D eigenvalue weighted by Crippen LogP contribution is -2.02. The molecule has 0 saturated carbocycles. The Labute approximate surface area is 146 Å². The van der Waals surface area contributed by atoms with Gasteiger partial charge in [0.25, 0.3) is 0 Å². The minimum absolute atomic E-state index is 0.556. The van der Waals surface area contributed by atoms with E-state index >= 15 is 0 Å². The van der Waals surface area contributed by atoms with E-state index in [1.54, 1.807) is 22.2 Å². The summed E-state index contributed by atoms with van der Waals surface area (Å²) < 4.78 is 9.56. The smallest absolute Gasteiger partial charge is 0.217 e. The van der Waals surface area contributed by atoms with Crippen LogP contribution in [0.25, 0.3) is 27.4 Å². The molecule has 0 saturated heterocycles. The summed E-state index contributed by atoms with van der Waals surface area (Å²) in [6, 6.07) is 7.90. The summed E-state index contributed by atoms with van der Waals surface area (Å²) in [5.74, 6) is 2.02. The first kappa shape index (κ1) is 14.4. The highest BCUT2D eigenvalue weighted by atomic mass is 32.1. The van der Waals surface area contributed by atoms with Crippen LogP contribution in [0.2, 0.25) is 0 Å². The third kappa shape index (κ3) is 2.33. The molecule has 0 fully saturated rings. The molecule has 0 aliphatic carbocycles. The molecule has 0 unspecified atom stereocenters. The molecular weight excluding hydrogens is 336 g/mol. The van der Waals surface area contributed by atoms with Crippen LogP contribution in [-0.2, 0) is 6.54 Å². The molecule has 5 aromatic rings. The molecule has 0 aliphatic rings. The van der Waals surface area contributed by atoms with Crippen LogP contribution in [0.5, 0.6) is 0 Å². The van der Waals surface area contributed by atoms with Gasteiger partial charge in [-0.25, -0.2) is 14.5 Å². The molecule has 7 nitrogen and oxygen atoms in total. The summed E-state index contributed by atoms with van der Waals surface area (Å²) in [7, 11) is 0. The van der Waals surface area contributed by atoms with E-state index < -0.39 is 0 Å². The zero-order valence-corrected chi connectivity index (χ0v) is 14.5. The zero-order chi connectivity index (χ0) is 17.0. The maximum absolute atomic E-state index is 5.94. The first-order valence-electron chi connectivity index (χ1n) is 7.86. The highest BCUT2D eigenvalue weighted by Gasteiger charge is 2.14. The van der Waals surface area contributed by atoms with Gasteiger partial charge in [0.2, 0.25) is 5.82 Å². The van der Waals surface area contributed by atoms with Crippen LogP contribution in [0.4, 0.5) is 0 Å². The van der Waals surface area contributed by atoms with E-state index in [1.165, 1.54) is 0 Å². The van der Waals surface area contributed by atoms with Crippen molar-refractivity contribution in [1.29, 1.82) is 0 Å². The lowest BCUT2D eigenvalue weighted by Gasteiger charge is -2.00. The summed E-state index contributed by atoms with van der Waals surface area (Å²) in [6.45, 7) is 4.60. The van der Waals surface area contributed by atoms with Gasteiger partial charge in [0, 0.05) is 5.69 Å². The Morgan fingerprint density at radius 3 is 2.92 bits per heavy atom. The molecule has 0 amide bonds.